The summed E-state index contributed by atoms with van der Waals surface area (Å²) in [6, 6.07) is 8.05. The maximum Gasteiger partial charge on any atom is 0.270 e. The summed E-state index contributed by atoms with van der Waals surface area (Å²) >= 11 is 3.18. The number of non-ortho nitro benzene ring substituents is 1. The van der Waals surface area contributed by atoms with E-state index in [-0.39, 0.29) is 17.1 Å². The van der Waals surface area contributed by atoms with Crippen LogP contribution in [0.1, 0.15) is 15.9 Å². The standard InChI is InChI=1S/C14H10BrFN2O3/c1-8-6-9(2-5-13(8)16)17-14(19)11-7-10(18(20)21)3-4-12(11)15/h2-7H,1H3,(H,17,19). The smallest absolute Gasteiger partial charge is 0.270 e. The molecule has 5 nitrogen and oxygen atoms in total. The van der Waals surface area contributed by atoms with Crippen molar-refractivity contribution in [3.05, 3.63) is 67.9 Å². The molecular weight excluding hydrogens is 343 g/mol. The molecule has 108 valence electrons. The van der Waals surface area contributed by atoms with Crippen LogP contribution in [0.15, 0.2) is 40.9 Å². The Bertz CT molecular complexity index is 734. The number of nitro groups is 1. The highest BCUT2D eigenvalue weighted by Crippen LogP contribution is 2.24. The van der Waals surface area contributed by atoms with Crippen molar-refractivity contribution in [2.45, 2.75) is 6.92 Å². The van der Waals surface area contributed by atoms with Crippen LogP contribution in [0.4, 0.5) is 15.8 Å². The van der Waals surface area contributed by atoms with Crippen LogP contribution in [0.2, 0.25) is 0 Å². The van der Waals surface area contributed by atoms with E-state index < -0.39 is 10.8 Å². The summed E-state index contributed by atoms with van der Waals surface area (Å²) in [4.78, 5) is 22.3. The Morgan fingerprint density at radius 3 is 2.62 bits per heavy atom. The molecule has 1 N–H and O–H groups in total. The largest absolute Gasteiger partial charge is 0.322 e. The van der Waals surface area contributed by atoms with Gasteiger partial charge in [-0.15, -0.1) is 0 Å². The molecule has 0 heterocycles. The molecule has 0 saturated carbocycles. The SMILES string of the molecule is Cc1cc(NC(=O)c2cc([N+](=O)[O-])ccc2Br)ccc1F. The van der Waals surface area contributed by atoms with Crippen molar-refractivity contribution in [2.75, 3.05) is 5.32 Å². The molecule has 0 radical (unpaired) electrons. The molecule has 2 aromatic rings. The van der Waals surface area contributed by atoms with Crippen molar-refractivity contribution in [3.63, 3.8) is 0 Å². The second-order valence-electron chi connectivity index (χ2n) is 4.34. The zero-order chi connectivity index (χ0) is 15.6. The summed E-state index contributed by atoms with van der Waals surface area (Å²) in [6.45, 7) is 1.58. The number of aryl methyl sites for hydroxylation is 1. The number of hydrogen-bond acceptors (Lipinski definition) is 3. The first kappa shape index (κ1) is 15.1. The van der Waals surface area contributed by atoms with Gasteiger partial charge in [0, 0.05) is 22.3 Å². The highest BCUT2D eigenvalue weighted by Gasteiger charge is 2.16. The first-order valence-electron chi connectivity index (χ1n) is 5.90. The third-order valence-electron chi connectivity index (χ3n) is 2.82. The Kier molecular flexibility index (Phi) is 4.32. The molecule has 2 aromatic carbocycles. The van der Waals surface area contributed by atoms with Gasteiger partial charge in [-0.25, -0.2) is 4.39 Å². The third-order valence-corrected chi connectivity index (χ3v) is 3.51. The van der Waals surface area contributed by atoms with E-state index in [0.29, 0.717) is 15.7 Å². The molecule has 1 amide bonds. The minimum Gasteiger partial charge on any atom is -0.322 e. The number of nitrogens with zero attached hydrogens (tertiary/aromatic N) is 1. The fourth-order valence-corrected chi connectivity index (χ4v) is 2.15. The van der Waals surface area contributed by atoms with Crippen molar-refractivity contribution < 1.29 is 14.1 Å². The molecule has 2 rings (SSSR count). The molecule has 0 aromatic heterocycles. The van der Waals surface area contributed by atoms with E-state index in [1.807, 2.05) is 0 Å². The van der Waals surface area contributed by atoms with Crippen molar-refractivity contribution in [1.29, 1.82) is 0 Å². The average Bonchev–Trinajstić information content (AvgIpc) is 2.43. The predicted octanol–water partition coefficient (Wildman–Crippen LogP) is 4.06. The second-order valence-corrected chi connectivity index (χ2v) is 5.19. The molecule has 0 aliphatic heterocycles. The minimum atomic E-state index is -0.578. The van der Waals surface area contributed by atoms with Gasteiger partial charge in [-0.2, -0.15) is 0 Å². The summed E-state index contributed by atoms with van der Waals surface area (Å²) in [6.07, 6.45) is 0. The number of carbonyl (C=O) groups is 1. The number of benzene rings is 2. The molecule has 0 atom stereocenters. The van der Waals surface area contributed by atoms with E-state index in [1.165, 1.54) is 36.4 Å². The summed E-state index contributed by atoms with van der Waals surface area (Å²) in [5.74, 6) is -0.888. The molecule has 0 saturated heterocycles. The van der Waals surface area contributed by atoms with Crippen molar-refractivity contribution in [1.82, 2.24) is 0 Å². The number of nitro benzene ring substituents is 1. The molecule has 7 heteroatoms. The van der Waals surface area contributed by atoms with Crippen LogP contribution in [0, 0.1) is 22.9 Å². The van der Waals surface area contributed by atoms with Crippen LogP contribution in [-0.4, -0.2) is 10.8 Å². The Hall–Kier alpha value is -2.28. The van der Waals surface area contributed by atoms with E-state index >= 15 is 0 Å². The van der Waals surface area contributed by atoms with E-state index in [0.717, 1.165) is 0 Å². The lowest BCUT2D eigenvalue weighted by Gasteiger charge is -2.08. The number of nitrogens with one attached hydrogen (secondary N) is 1. The normalized spacial score (nSPS) is 10.2. The zero-order valence-electron chi connectivity index (χ0n) is 10.9. The maximum atomic E-state index is 13.2. The van der Waals surface area contributed by atoms with Gasteiger partial charge in [-0.05, 0) is 52.7 Å². The van der Waals surface area contributed by atoms with Gasteiger partial charge >= 0.3 is 0 Å². The van der Waals surface area contributed by atoms with E-state index in [1.54, 1.807) is 6.92 Å². The topological polar surface area (TPSA) is 72.2 Å². The number of halogens is 2. The molecule has 0 aliphatic rings. The number of anilines is 1. The van der Waals surface area contributed by atoms with Crippen LogP contribution >= 0.6 is 15.9 Å². The van der Waals surface area contributed by atoms with Crippen molar-refractivity contribution >= 4 is 33.2 Å². The fourth-order valence-electron chi connectivity index (χ4n) is 1.72. The highest BCUT2D eigenvalue weighted by molar-refractivity contribution is 9.10. The van der Waals surface area contributed by atoms with Gasteiger partial charge in [0.1, 0.15) is 5.82 Å². The van der Waals surface area contributed by atoms with E-state index in [4.69, 9.17) is 0 Å². The Morgan fingerprint density at radius 1 is 1.29 bits per heavy atom. The zero-order valence-corrected chi connectivity index (χ0v) is 12.5. The van der Waals surface area contributed by atoms with Crippen molar-refractivity contribution in [2.24, 2.45) is 0 Å². The molecule has 0 spiro atoms. The van der Waals surface area contributed by atoms with Gasteiger partial charge in [0.25, 0.3) is 11.6 Å². The lowest BCUT2D eigenvalue weighted by atomic mass is 10.1. The second kappa shape index (κ2) is 6.01. The van der Waals surface area contributed by atoms with Gasteiger partial charge in [0.2, 0.25) is 0 Å². The Balaban J connectivity index is 2.29. The first-order chi connectivity index (χ1) is 9.88. The molecular formula is C14H10BrFN2O3. The quantitative estimate of drug-likeness (QED) is 0.668. The Labute approximate surface area is 128 Å². The average molecular weight is 353 g/mol. The number of amides is 1. The van der Waals surface area contributed by atoms with Crippen LogP contribution in [0.5, 0.6) is 0 Å². The molecule has 0 fully saturated rings. The number of carbonyl (C=O) groups excluding carboxylic acids is 1. The molecule has 0 unspecified atom stereocenters. The number of hydrogen-bond donors (Lipinski definition) is 1. The minimum absolute atomic E-state index is 0.131. The first-order valence-corrected chi connectivity index (χ1v) is 6.69. The van der Waals surface area contributed by atoms with E-state index in [9.17, 15) is 19.3 Å². The van der Waals surface area contributed by atoms with Gasteiger partial charge in [-0.1, -0.05) is 0 Å². The summed E-state index contributed by atoms with van der Waals surface area (Å²) in [5.41, 5.74) is 0.757. The lowest BCUT2D eigenvalue weighted by Crippen LogP contribution is -2.13. The van der Waals surface area contributed by atoms with Gasteiger partial charge in [0.15, 0.2) is 0 Å². The Morgan fingerprint density at radius 2 is 2.00 bits per heavy atom. The van der Waals surface area contributed by atoms with Crippen molar-refractivity contribution in [3.8, 4) is 0 Å². The van der Waals surface area contributed by atoms with Crippen LogP contribution in [-0.2, 0) is 0 Å². The van der Waals surface area contributed by atoms with Crippen LogP contribution < -0.4 is 5.32 Å². The van der Waals surface area contributed by atoms with Gasteiger partial charge in [0.05, 0.1) is 10.5 Å². The monoisotopic (exact) mass is 352 g/mol. The molecule has 21 heavy (non-hydrogen) atoms. The fraction of sp³-hybridized carbons (Fsp3) is 0.0714. The lowest BCUT2D eigenvalue weighted by molar-refractivity contribution is -0.384. The van der Waals surface area contributed by atoms with Crippen LogP contribution in [0.25, 0.3) is 0 Å². The highest BCUT2D eigenvalue weighted by atomic mass is 79.9. The van der Waals surface area contributed by atoms with Crippen LogP contribution in [0.3, 0.4) is 0 Å². The predicted molar refractivity (Wildman–Crippen MR) is 79.9 cm³/mol. The molecule has 0 bridgehead atoms. The number of rotatable bonds is 3. The van der Waals surface area contributed by atoms with Gasteiger partial charge < -0.3 is 5.32 Å². The van der Waals surface area contributed by atoms with E-state index in [2.05, 4.69) is 21.2 Å². The molecule has 0 aliphatic carbocycles. The summed E-state index contributed by atoms with van der Waals surface area (Å²) in [5, 5.41) is 13.3. The van der Waals surface area contributed by atoms with Gasteiger partial charge in [-0.3, -0.25) is 14.9 Å². The third kappa shape index (κ3) is 3.43. The maximum absolute atomic E-state index is 13.2. The summed E-state index contributed by atoms with van der Waals surface area (Å²) < 4.78 is 13.6. The summed E-state index contributed by atoms with van der Waals surface area (Å²) in [7, 11) is 0.